The Labute approximate surface area is 103 Å². The zero-order valence-electron chi connectivity index (χ0n) is 8.92. The Morgan fingerprint density at radius 2 is 2.40 bits per heavy atom. The van der Waals surface area contributed by atoms with Crippen LogP contribution in [0.3, 0.4) is 0 Å². The molecule has 0 unspecified atom stereocenters. The Kier molecular flexibility index (Phi) is 5.28. The number of hydrogen-bond acceptors (Lipinski definition) is 3. The summed E-state index contributed by atoms with van der Waals surface area (Å²) in [4.78, 5) is 13.3. The molecule has 1 rings (SSSR count). The van der Waals surface area contributed by atoms with Gasteiger partial charge in [-0.1, -0.05) is 0 Å². The molecule has 0 fully saturated rings. The SMILES string of the molecule is CNCCC(=O)N(C)Cc1csc(Br)c1. The van der Waals surface area contributed by atoms with Gasteiger partial charge in [0, 0.05) is 26.6 Å². The standard InChI is InChI=1S/C10H15BrN2OS/c1-12-4-3-10(14)13(2)6-8-5-9(11)15-7-8/h5,7,12H,3-4,6H2,1-2H3. The molecule has 0 aromatic carbocycles. The van der Waals surface area contributed by atoms with Gasteiger partial charge in [-0.25, -0.2) is 0 Å². The summed E-state index contributed by atoms with van der Waals surface area (Å²) in [5, 5.41) is 5.03. The average Bonchev–Trinajstić information content (AvgIpc) is 2.60. The summed E-state index contributed by atoms with van der Waals surface area (Å²) >= 11 is 5.05. The van der Waals surface area contributed by atoms with E-state index < -0.39 is 0 Å². The molecule has 1 aromatic rings. The molecule has 1 amide bonds. The number of hydrogen-bond donors (Lipinski definition) is 1. The third-order valence-electron chi connectivity index (χ3n) is 2.06. The van der Waals surface area contributed by atoms with Crippen molar-refractivity contribution in [2.75, 3.05) is 20.6 Å². The van der Waals surface area contributed by atoms with Crippen LogP contribution in [0.4, 0.5) is 0 Å². The lowest BCUT2D eigenvalue weighted by atomic mass is 10.3. The Morgan fingerprint density at radius 3 is 2.93 bits per heavy atom. The molecule has 0 aliphatic carbocycles. The summed E-state index contributed by atoms with van der Waals surface area (Å²) in [5.74, 6) is 0.173. The maximum atomic E-state index is 11.6. The number of amides is 1. The number of carbonyl (C=O) groups excluding carboxylic acids is 1. The monoisotopic (exact) mass is 290 g/mol. The van der Waals surface area contributed by atoms with E-state index in [9.17, 15) is 4.79 Å². The first-order valence-electron chi connectivity index (χ1n) is 4.75. The molecular formula is C10H15BrN2OS. The summed E-state index contributed by atoms with van der Waals surface area (Å²) in [6, 6.07) is 2.05. The van der Waals surface area contributed by atoms with E-state index in [0.717, 1.165) is 10.3 Å². The van der Waals surface area contributed by atoms with Crippen molar-refractivity contribution in [3.63, 3.8) is 0 Å². The molecule has 3 nitrogen and oxygen atoms in total. The van der Waals surface area contributed by atoms with Gasteiger partial charge in [0.15, 0.2) is 0 Å². The van der Waals surface area contributed by atoms with Crippen LogP contribution in [0.15, 0.2) is 15.2 Å². The molecule has 0 bridgehead atoms. The number of rotatable bonds is 5. The molecule has 0 aliphatic rings. The topological polar surface area (TPSA) is 32.3 Å². The molecule has 0 atom stereocenters. The molecule has 84 valence electrons. The molecule has 0 radical (unpaired) electrons. The van der Waals surface area contributed by atoms with Crippen molar-refractivity contribution in [3.05, 3.63) is 20.8 Å². The molecule has 0 saturated heterocycles. The van der Waals surface area contributed by atoms with E-state index in [1.54, 1.807) is 16.2 Å². The van der Waals surface area contributed by atoms with Gasteiger partial charge in [-0.2, -0.15) is 0 Å². The summed E-state index contributed by atoms with van der Waals surface area (Å²) in [5.41, 5.74) is 1.17. The zero-order chi connectivity index (χ0) is 11.3. The van der Waals surface area contributed by atoms with Gasteiger partial charge < -0.3 is 10.2 Å². The first-order valence-corrected chi connectivity index (χ1v) is 6.42. The predicted octanol–water partition coefficient (Wildman–Crippen LogP) is 2.08. The van der Waals surface area contributed by atoms with Crippen LogP contribution in [0.25, 0.3) is 0 Å². The van der Waals surface area contributed by atoms with Crippen molar-refractivity contribution in [3.8, 4) is 0 Å². The fourth-order valence-corrected chi connectivity index (χ4v) is 2.41. The van der Waals surface area contributed by atoms with Crippen molar-refractivity contribution < 1.29 is 4.79 Å². The minimum atomic E-state index is 0.173. The molecule has 15 heavy (non-hydrogen) atoms. The molecule has 1 aromatic heterocycles. The number of nitrogens with one attached hydrogen (secondary N) is 1. The van der Waals surface area contributed by atoms with E-state index in [-0.39, 0.29) is 5.91 Å². The summed E-state index contributed by atoms with van der Waals surface area (Å²) in [7, 11) is 3.69. The minimum absolute atomic E-state index is 0.173. The van der Waals surface area contributed by atoms with Gasteiger partial charge in [0.2, 0.25) is 5.91 Å². The normalized spacial score (nSPS) is 10.3. The largest absolute Gasteiger partial charge is 0.341 e. The maximum absolute atomic E-state index is 11.6. The second-order valence-corrected chi connectivity index (χ2v) is 5.65. The number of carbonyl (C=O) groups is 1. The van der Waals surface area contributed by atoms with Crippen molar-refractivity contribution in [1.82, 2.24) is 10.2 Å². The number of halogens is 1. The molecule has 0 spiro atoms. The first kappa shape index (κ1) is 12.7. The summed E-state index contributed by atoms with van der Waals surface area (Å²) in [6.07, 6.45) is 0.554. The third kappa shape index (κ3) is 4.32. The highest BCUT2D eigenvalue weighted by atomic mass is 79.9. The van der Waals surface area contributed by atoms with Crippen LogP contribution < -0.4 is 5.32 Å². The molecule has 0 saturated carbocycles. The van der Waals surface area contributed by atoms with E-state index in [1.807, 2.05) is 20.2 Å². The van der Waals surface area contributed by atoms with Gasteiger partial charge in [0.25, 0.3) is 0 Å². The second kappa shape index (κ2) is 6.25. The van der Waals surface area contributed by atoms with Gasteiger partial charge >= 0.3 is 0 Å². The highest BCUT2D eigenvalue weighted by Crippen LogP contribution is 2.21. The quantitative estimate of drug-likeness (QED) is 0.901. The highest BCUT2D eigenvalue weighted by molar-refractivity contribution is 9.11. The second-order valence-electron chi connectivity index (χ2n) is 3.36. The van der Waals surface area contributed by atoms with E-state index in [0.29, 0.717) is 13.0 Å². The number of nitrogens with zero attached hydrogens (tertiary/aromatic N) is 1. The Hall–Kier alpha value is -0.390. The molecular weight excluding hydrogens is 276 g/mol. The van der Waals surface area contributed by atoms with Crippen LogP contribution in [0.5, 0.6) is 0 Å². The van der Waals surface area contributed by atoms with E-state index in [2.05, 4.69) is 26.6 Å². The Bertz CT molecular complexity index is 327. The smallest absolute Gasteiger partial charge is 0.223 e. The Morgan fingerprint density at radius 1 is 1.67 bits per heavy atom. The number of thiophene rings is 1. The van der Waals surface area contributed by atoms with Crippen molar-refractivity contribution in [2.24, 2.45) is 0 Å². The van der Waals surface area contributed by atoms with Crippen LogP contribution in [0, 0.1) is 0 Å². The van der Waals surface area contributed by atoms with Crippen LogP contribution in [0.2, 0.25) is 0 Å². The lowest BCUT2D eigenvalue weighted by Crippen LogP contribution is -2.28. The van der Waals surface area contributed by atoms with Crippen LogP contribution in [-0.2, 0) is 11.3 Å². The first-order chi connectivity index (χ1) is 7.13. The third-order valence-corrected chi connectivity index (χ3v) is 3.61. The predicted molar refractivity (Wildman–Crippen MR) is 67.0 cm³/mol. The minimum Gasteiger partial charge on any atom is -0.341 e. The Balaban J connectivity index is 2.41. The van der Waals surface area contributed by atoms with Crippen LogP contribution in [-0.4, -0.2) is 31.4 Å². The fraction of sp³-hybridized carbons (Fsp3) is 0.500. The summed E-state index contributed by atoms with van der Waals surface area (Å²) < 4.78 is 1.11. The van der Waals surface area contributed by atoms with Gasteiger partial charge in [-0.15, -0.1) is 11.3 Å². The molecule has 1 heterocycles. The lowest BCUT2D eigenvalue weighted by molar-refractivity contribution is -0.130. The van der Waals surface area contributed by atoms with Crippen LogP contribution in [0.1, 0.15) is 12.0 Å². The van der Waals surface area contributed by atoms with E-state index in [4.69, 9.17) is 0 Å². The summed E-state index contributed by atoms with van der Waals surface area (Å²) in [6.45, 7) is 1.42. The van der Waals surface area contributed by atoms with Gasteiger partial charge in [0.1, 0.15) is 0 Å². The van der Waals surface area contributed by atoms with Gasteiger partial charge in [-0.3, -0.25) is 4.79 Å². The average molecular weight is 291 g/mol. The molecule has 0 aliphatic heterocycles. The highest BCUT2D eigenvalue weighted by Gasteiger charge is 2.09. The molecule has 5 heteroatoms. The van der Waals surface area contributed by atoms with Crippen molar-refractivity contribution in [2.45, 2.75) is 13.0 Å². The van der Waals surface area contributed by atoms with Crippen molar-refractivity contribution >= 4 is 33.2 Å². The zero-order valence-corrected chi connectivity index (χ0v) is 11.3. The van der Waals surface area contributed by atoms with Crippen molar-refractivity contribution in [1.29, 1.82) is 0 Å². The lowest BCUT2D eigenvalue weighted by Gasteiger charge is -2.16. The van der Waals surface area contributed by atoms with E-state index in [1.165, 1.54) is 5.56 Å². The van der Waals surface area contributed by atoms with Gasteiger partial charge in [-0.05, 0) is 40.0 Å². The van der Waals surface area contributed by atoms with Crippen LogP contribution >= 0.6 is 27.3 Å². The fourth-order valence-electron chi connectivity index (χ4n) is 1.21. The molecule has 1 N–H and O–H groups in total. The maximum Gasteiger partial charge on any atom is 0.223 e. The van der Waals surface area contributed by atoms with Gasteiger partial charge in [0.05, 0.1) is 3.79 Å². The van der Waals surface area contributed by atoms with E-state index >= 15 is 0 Å².